The standard InChI is InChI=1S/C31H31FN2O4/c1-22(35)8-19-29(36)34-21-24(10-9-23-6-4-3-5-7-23)20-31(34,2)30(37)33-26-13-17-28(18-14-26)38-27-15-11-25(32)12-16-27/h3-7,9-18,24H,8,19-21H2,1-2H3,(H,33,37)/b10-9+. The van der Waals surface area contributed by atoms with Crippen molar-refractivity contribution in [1.29, 1.82) is 0 Å². The smallest absolute Gasteiger partial charge is 0.250 e. The summed E-state index contributed by atoms with van der Waals surface area (Å²) in [5.41, 5.74) is 0.521. The number of ether oxygens (including phenoxy) is 1. The quantitative estimate of drug-likeness (QED) is 0.366. The summed E-state index contributed by atoms with van der Waals surface area (Å²) in [7, 11) is 0. The molecule has 0 radical (unpaired) electrons. The summed E-state index contributed by atoms with van der Waals surface area (Å²) in [6.07, 6.45) is 4.72. The Labute approximate surface area is 222 Å². The second-order valence-corrected chi connectivity index (χ2v) is 9.75. The first-order chi connectivity index (χ1) is 18.2. The minimum atomic E-state index is -1.08. The van der Waals surface area contributed by atoms with Gasteiger partial charge in [-0.1, -0.05) is 42.5 Å². The van der Waals surface area contributed by atoms with Crippen LogP contribution in [0.1, 0.15) is 38.7 Å². The van der Waals surface area contributed by atoms with E-state index in [1.165, 1.54) is 31.2 Å². The van der Waals surface area contributed by atoms with Crippen molar-refractivity contribution in [3.63, 3.8) is 0 Å². The number of anilines is 1. The number of likely N-dealkylation sites (tertiary alicyclic amines) is 1. The summed E-state index contributed by atoms with van der Waals surface area (Å²) < 4.78 is 18.8. The third kappa shape index (κ3) is 6.73. The van der Waals surface area contributed by atoms with Crippen molar-refractivity contribution in [2.75, 3.05) is 11.9 Å². The van der Waals surface area contributed by atoms with Gasteiger partial charge in [0.05, 0.1) is 0 Å². The maximum absolute atomic E-state index is 13.6. The molecule has 0 bridgehead atoms. The van der Waals surface area contributed by atoms with Crippen LogP contribution in [0.4, 0.5) is 10.1 Å². The number of hydrogen-bond donors (Lipinski definition) is 1. The molecule has 7 heteroatoms. The number of benzene rings is 3. The molecule has 2 unspecified atom stereocenters. The molecule has 6 nitrogen and oxygen atoms in total. The average Bonchev–Trinajstić information content (AvgIpc) is 3.27. The molecule has 0 saturated carbocycles. The first kappa shape index (κ1) is 26.8. The molecule has 1 saturated heterocycles. The number of Topliss-reactive ketones (excluding diaryl/α,β-unsaturated/α-hetero) is 1. The van der Waals surface area contributed by atoms with Crippen LogP contribution < -0.4 is 10.1 Å². The van der Waals surface area contributed by atoms with Gasteiger partial charge >= 0.3 is 0 Å². The highest BCUT2D eigenvalue weighted by atomic mass is 19.1. The monoisotopic (exact) mass is 514 g/mol. The van der Waals surface area contributed by atoms with Gasteiger partial charge in [-0.05, 0) is 80.3 Å². The van der Waals surface area contributed by atoms with Crippen molar-refractivity contribution >= 4 is 29.4 Å². The van der Waals surface area contributed by atoms with E-state index in [-0.39, 0.29) is 42.2 Å². The van der Waals surface area contributed by atoms with Crippen molar-refractivity contribution in [2.45, 2.75) is 38.6 Å². The molecular weight excluding hydrogens is 483 g/mol. The van der Waals surface area contributed by atoms with Crippen molar-refractivity contribution in [3.8, 4) is 11.5 Å². The summed E-state index contributed by atoms with van der Waals surface area (Å²) in [6, 6.07) is 22.4. The van der Waals surface area contributed by atoms with Crippen LogP contribution in [-0.4, -0.2) is 34.6 Å². The van der Waals surface area contributed by atoms with E-state index in [2.05, 4.69) is 5.32 Å². The van der Waals surface area contributed by atoms with Crippen LogP contribution in [-0.2, 0) is 14.4 Å². The number of halogens is 1. The predicted molar refractivity (Wildman–Crippen MR) is 145 cm³/mol. The van der Waals surface area contributed by atoms with Crippen LogP contribution in [0.5, 0.6) is 11.5 Å². The largest absolute Gasteiger partial charge is 0.457 e. The van der Waals surface area contributed by atoms with E-state index in [9.17, 15) is 18.8 Å². The van der Waals surface area contributed by atoms with Crippen LogP contribution in [0, 0.1) is 11.7 Å². The van der Waals surface area contributed by atoms with Gasteiger partial charge in [0, 0.05) is 25.1 Å². The molecule has 0 aliphatic carbocycles. The van der Waals surface area contributed by atoms with Crippen LogP contribution in [0.3, 0.4) is 0 Å². The third-order valence-corrected chi connectivity index (χ3v) is 6.68. The van der Waals surface area contributed by atoms with Gasteiger partial charge in [-0.15, -0.1) is 0 Å². The van der Waals surface area contributed by atoms with Gasteiger partial charge in [0.2, 0.25) is 11.8 Å². The Hall–Kier alpha value is -4.26. The van der Waals surface area contributed by atoms with E-state index in [0.29, 0.717) is 30.2 Å². The summed E-state index contributed by atoms with van der Waals surface area (Å²) in [4.78, 5) is 39.8. The molecule has 3 aromatic carbocycles. The molecule has 38 heavy (non-hydrogen) atoms. The minimum absolute atomic E-state index is 0.0151. The first-order valence-electron chi connectivity index (χ1n) is 12.6. The second kappa shape index (κ2) is 11.9. The van der Waals surface area contributed by atoms with Crippen molar-refractivity contribution in [2.24, 2.45) is 5.92 Å². The van der Waals surface area contributed by atoms with Crippen molar-refractivity contribution in [1.82, 2.24) is 4.90 Å². The third-order valence-electron chi connectivity index (χ3n) is 6.68. The SMILES string of the molecule is CC(=O)CCC(=O)N1CC(/C=C/c2ccccc2)CC1(C)C(=O)Nc1ccc(Oc2ccc(F)cc2)cc1. The minimum Gasteiger partial charge on any atom is -0.457 e. The molecule has 2 amide bonds. The highest BCUT2D eigenvalue weighted by molar-refractivity contribution is 6.01. The van der Waals surface area contributed by atoms with Gasteiger partial charge in [-0.3, -0.25) is 9.59 Å². The number of carbonyl (C=O) groups is 3. The van der Waals surface area contributed by atoms with E-state index in [0.717, 1.165) is 5.56 Å². The molecule has 3 aromatic rings. The van der Waals surface area contributed by atoms with Crippen molar-refractivity contribution < 1.29 is 23.5 Å². The van der Waals surface area contributed by atoms with Crippen LogP contribution in [0.15, 0.2) is 84.9 Å². The second-order valence-electron chi connectivity index (χ2n) is 9.75. The van der Waals surface area contributed by atoms with Crippen LogP contribution in [0.25, 0.3) is 6.08 Å². The molecular formula is C31H31FN2O4. The molecule has 4 rings (SSSR count). The van der Waals surface area contributed by atoms with E-state index in [4.69, 9.17) is 4.74 Å². The Kier molecular flexibility index (Phi) is 8.36. The van der Waals surface area contributed by atoms with E-state index >= 15 is 0 Å². The topological polar surface area (TPSA) is 75.7 Å². The summed E-state index contributed by atoms with van der Waals surface area (Å²) >= 11 is 0. The Balaban J connectivity index is 1.47. The Morgan fingerprint density at radius 3 is 2.24 bits per heavy atom. The maximum atomic E-state index is 13.6. The Morgan fingerprint density at radius 1 is 0.974 bits per heavy atom. The van der Waals surface area contributed by atoms with Gasteiger partial charge in [-0.2, -0.15) is 0 Å². The fourth-order valence-corrected chi connectivity index (χ4v) is 4.58. The highest BCUT2D eigenvalue weighted by Gasteiger charge is 2.48. The lowest BCUT2D eigenvalue weighted by Crippen LogP contribution is -2.53. The highest BCUT2D eigenvalue weighted by Crippen LogP contribution is 2.36. The van der Waals surface area contributed by atoms with Gasteiger partial charge in [0.1, 0.15) is 28.6 Å². The summed E-state index contributed by atoms with van der Waals surface area (Å²) in [5, 5.41) is 2.94. The predicted octanol–water partition coefficient (Wildman–Crippen LogP) is 6.25. The maximum Gasteiger partial charge on any atom is 0.250 e. The molecule has 2 atom stereocenters. The number of ketones is 1. The molecule has 196 valence electrons. The van der Waals surface area contributed by atoms with Crippen molar-refractivity contribution in [3.05, 3.63) is 96.3 Å². The Morgan fingerprint density at radius 2 is 1.61 bits per heavy atom. The molecule has 0 spiro atoms. The number of nitrogens with zero attached hydrogens (tertiary/aromatic N) is 1. The molecule has 1 N–H and O–H groups in total. The lowest BCUT2D eigenvalue weighted by Gasteiger charge is -2.34. The molecule has 1 fully saturated rings. The number of hydrogen-bond acceptors (Lipinski definition) is 4. The fourth-order valence-electron chi connectivity index (χ4n) is 4.58. The molecule has 1 aliphatic heterocycles. The zero-order chi connectivity index (χ0) is 27.1. The van der Waals surface area contributed by atoms with Gasteiger partial charge in [0.15, 0.2) is 0 Å². The summed E-state index contributed by atoms with van der Waals surface area (Å²) in [6.45, 7) is 3.63. The van der Waals surface area contributed by atoms with E-state index in [1.807, 2.05) is 42.5 Å². The molecule has 1 heterocycles. The number of rotatable bonds is 9. The van der Waals surface area contributed by atoms with Gasteiger partial charge in [-0.25, -0.2) is 4.39 Å². The molecule has 0 aromatic heterocycles. The first-order valence-corrected chi connectivity index (χ1v) is 12.6. The number of carbonyl (C=O) groups excluding carboxylic acids is 3. The normalized spacial score (nSPS) is 18.9. The van der Waals surface area contributed by atoms with Gasteiger partial charge < -0.3 is 19.7 Å². The lowest BCUT2D eigenvalue weighted by molar-refractivity contribution is -0.142. The zero-order valence-corrected chi connectivity index (χ0v) is 21.5. The summed E-state index contributed by atoms with van der Waals surface area (Å²) in [5.74, 6) is 0.103. The fraction of sp³-hybridized carbons (Fsp3) is 0.258. The zero-order valence-electron chi connectivity index (χ0n) is 21.5. The Bertz CT molecular complexity index is 1310. The van der Waals surface area contributed by atoms with Crippen LogP contribution in [0.2, 0.25) is 0 Å². The molecule has 1 aliphatic rings. The lowest BCUT2D eigenvalue weighted by atomic mass is 9.92. The van der Waals surface area contributed by atoms with Crippen LogP contribution >= 0.6 is 0 Å². The number of nitrogens with one attached hydrogen (secondary N) is 1. The number of amides is 2. The van der Waals surface area contributed by atoms with E-state index < -0.39 is 5.54 Å². The van der Waals surface area contributed by atoms with Gasteiger partial charge in [0.25, 0.3) is 0 Å². The average molecular weight is 515 g/mol. The van der Waals surface area contributed by atoms with E-state index in [1.54, 1.807) is 36.1 Å².